The van der Waals surface area contributed by atoms with Crippen molar-refractivity contribution in [2.75, 3.05) is 0 Å². The summed E-state index contributed by atoms with van der Waals surface area (Å²) in [6.45, 7) is 4.31. The lowest BCUT2D eigenvalue weighted by Crippen LogP contribution is -1.87. The first-order valence-electron chi connectivity index (χ1n) is 5.14. The van der Waals surface area contributed by atoms with Crippen LogP contribution in [0.3, 0.4) is 0 Å². The van der Waals surface area contributed by atoms with E-state index in [-0.39, 0.29) is 0 Å². The fourth-order valence-electron chi connectivity index (χ4n) is 1.24. The second-order valence-corrected chi connectivity index (χ2v) is 3.68. The molecule has 0 heteroatoms. The van der Waals surface area contributed by atoms with Gasteiger partial charge in [0, 0.05) is 0 Å². The van der Waals surface area contributed by atoms with Crippen molar-refractivity contribution in [3.8, 4) is 0 Å². The van der Waals surface area contributed by atoms with Crippen molar-refractivity contribution in [3.63, 3.8) is 0 Å². The summed E-state index contributed by atoms with van der Waals surface area (Å²) in [5, 5.41) is 0. The summed E-state index contributed by atoms with van der Waals surface area (Å²) in [4.78, 5) is 0. The summed E-state index contributed by atoms with van der Waals surface area (Å²) < 4.78 is 0. The highest BCUT2D eigenvalue weighted by Crippen LogP contribution is 2.08. The largest absolute Gasteiger partial charge is 0.0840 e. The Morgan fingerprint density at radius 2 is 1.79 bits per heavy atom. The van der Waals surface area contributed by atoms with E-state index in [0.29, 0.717) is 0 Å². The van der Waals surface area contributed by atoms with E-state index in [2.05, 4.69) is 50.3 Å². The molecule has 74 valence electrons. The van der Waals surface area contributed by atoms with Crippen LogP contribution in [0.5, 0.6) is 0 Å². The average Bonchev–Trinajstić information content (AvgIpc) is 2.21. The maximum absolute atomic E-state index is 2.22. The maximum Gasteiger partial charge on any atom is -0.0224 e. The third kappa shape index (κ3) is 4.66. The van der Waals surface area contributed by atoms with Gasteiger partial charge in [0.05, 0.1) is 0 Å². The molecule has 0 nitrogen and oxygen atoms in total. The lowest BCUT2D eigenvalue weighted by atomic mass is 10.0. The molecular formula is C14H18. The quantitative estimate of drug-likeness (QED) is 0.571. The van der Waals surface area contributed by atoms with E-state index in [0.717, 1.165) is 5.92 Å². The molecule has 0 bridgehead atoms. The van der Waals surface area contributed by atoms with E-state index in [4.69, 9.17) is 0 Å². The Morgan fingerprint density at radius 3 is 2.07 bits per heavy atom. The van der Waals surface area contributed by atoms with E-state index in [1.807, 2.05) is 18.2 Å². The highest BCUT2D eigenvalue weighted by molar-refractivity contribution is 5.11. The number of aryl methyl sites for hydroxylation is 1. The van der Waals surface area contributed by atoms with E-state index >= 15 is 0 Å². The van der Waals surface area contributed by atoms with Crippen LogP contribution in [0.4, 0.5) is 0 Å². The van der Waals surface area contributed by atoms with E-state index < -0.39 is 0 Å². The number of hydrogen-bond donors (Lipinski definition) is 0. The summed E-state index contributed by atoms with van der Waals surface area (Å²) in [6.07, 6.45) is 9.84. The number of allylic oxidation sites excluding steroid dienone is 4. The monoisotopic (exact) mass is 186 g/mol. The summed E-state index contributed by atoms with van der Waals surface area (Å²) in [5.74, 6) is 0.769. The van der Waals surface area contributed by atoms with Gasteiger partial charge < -0.3 is 0 Å². The van der Waals surface area contributed by atoms with Crippen LogP contribution >= 0.6 is 0 Å². The standard InChI is InChI=1S/C7H10.C7H8/c2*1-7-5-3-2-4-6-7/h2-5,7H,6H2,1H3;2-6H,1H3. The van der Waals surface area contributed by atoms with E-state index in [9.17, 15) is 0 Å². The zero-order valence-electron chi connectivity index (χ0n) is 8.98. The van der Waals surface area contributed by atoms with Gasteiger partial charge in [-0.1, -0.05) is 67.1 Å². The molecule has 0 radical (unpaired) electrons. The summed E-state index contributed by atoms with van der Waals surface area (Å²) in [7, 11) is 0. The zero-order valence-corrected chi connectivity index (χ0v) is 8.98. The molecule has 0 saturated carbocycles. The van der Waals surface area contributed by atoms with Gasteiger partial charge in [-0.25, -0.2) is 0 Å². The van der Waals surface area contributed by atoms with Crippen LogP contribution in [-0.4, -0.2) is 0 Å². The number of benzene rings is 1. The van der Waals surface area contributed by atoms with E-state index in [1.165, 1.54) is 12.0 Å². The van der Waals surface area contributed by atoms with Gasteiger partial charge in [-0.2, -0.15) is 0 Å². The van der Waals surface area contributed by atoms with Gasteiger partial charge in [0.15, 0.2) is 0 Å². The lowest BCUT2D eigenvalue weighted by Gasteiger charge is -2.02. The molecule has 0 fully saturated rings. The average molecular weight is 186 g/mol. The van der Waals surface area contributed by atoms with Gasteiger partial charge >= 0.3 is 0 Å². The molecule has 0 spiro atoms. The maximum atomic E-state index is 2.22. The van der Waals surface area contributed by atoms with Crippen LogP contribution < -0.4 is 0 Å². The van der Waals surface area contributed by atoms with Gasteiger partial charge in [0.25, 0.3) is 0 Å². The predicted molar refractivity (Wildman–Crippen MR) is 63.2 cm³/mol. The summed E-state index contributed by atoms with van der Waals surface area (Å²) in [5.41, 5.74) is 1.32. The normalized spacial score (nSPS) is 18.6. The van der Waals surface area contributed by atoms with Crippen LogP contribution in [0.2, 0.25) is 0 Å². The van der Waals surface area contributed by atoms with Crippen molar-refractivity contribution in [2.24, 2.45) is 5.92 Å². The van der Waals surface area contributed by atoms with Crippen molar-refractivity contribution < 1.29 is 0 Å². The van der Waals surface area contributed by atoms with Gasteiger partial charge in [-0.3, -0.25) is 0 Å². The van der Waals surface area contributed by atoms with Crippen LogP contribution in [0.25, 0.3) is 0 Å². The topological polar surface area (TPSA) is 0 Å². The molecule has 0 N–H and O–H groups in total. The van der Waals surface area contributed by atoms with Crippen LogP contribution in [0.1, 0.15) is 18.9 Å². The Hall–Kier alpha value is -1.30. The highest BCUT2D eigenvalue weighted by atomic mass is 14.0. The third-order valence-electron chi connectivity index (χ3n) is 2.14. The molecule has 0 amide bonds. The highest BCUT2D eigenvalue weighted by Gasteiger charge is 1.93. The minimum absolute atomic E-state index is 0.769. The third-order valence-corrected chi connectivity index (χ3v) is 2.14. The fourth-order valence-corrected chi connectivity index (χ4v) is 1.24. The zero-order chi connectivity index (χ0) is 10.2. The van der Waals surface area contributed by atoms with Gasteiger partial charge in [-0.05, 0) is 19.3 Å². The smallest absolute Gasteiger partial charge is 0.0224 e. The Morgan fingerprint density at radius 1 is 1.07 bits per heavy atom. The minimum Gasteiger partial charge on any atom is -0.0840 e. The number of rotatable bonds is 0. The molecule has 0 heterocycles. The molecule has 14 heavy (non-hydrogen) atoms. The van der Waals surface area contributed by atoms with Crippen molar-refractivity contribution in [1.29, 1.82) is 0 Å². The first kappa shape index (κ1) is 10.8. The molecule has 0 aliphatic heterocycles. The minimum atomic E-state index is 0.769. The molecule has 0 saturated heterocycles. The fraction of sp³-hybridized carbons (Fsp3) is 0.286. The molecule has 1 atom stereocenters. The van der Waals surface area contributed by atoms with Crippen LogP contribution in [0, 0.1) is 12.8 Å². The van der Waals surface area contributed by atoms with Gasteiger partial charge in [-0.15, -0.1) is 0 Å². The molecular weight excluding hydrogens is 168 g/mol. The van der Waals surface area contributed by atoms with Crippen molar-refractivity contribution in [3.05, 3.63) is 60.2 Å². The van der Waals surface area contributed by atoms with Gasteiger partial charge in [0.2, 0.25) is 0 Å². The van der Waals surface area contributed by atoms with Crippen molar-refractivity contribution in [2.45, 2.75) is 20.3 Å². The first-order valence-corrected chi connectivity index (χ1v) is 5.14. The second-order valence-electron chi connectivity index (χ2n) is 3.68. The number of hydrogen-bond acceptors (Lipinski definition) is 0. The van der Waals surface area contributed by atoms with E-state index in [1.54, 1.807) is 0 Å². The Kier molecular flexibility index (Phi) is 4.77. The summed E-state index contributed by atoms with van der Waals surface area (Å²) >= 11 is 0. The second kappa shape index (κ2) is 6.20. The van der Waals surface area contributed by atoms with Crippen molar-refractivity contribution in [1.82, 2.24) is 0 Å². The Bertz CT molecular complexity index is 293. The van der Waals surface area contributed by atoms with Crippen molar-refractivity contribution >= 4 is 0 Å². The van der Waals surface area contributed by atoms with Crippen LogP contribution in [0.15, 0.2) is 54.6 Å². The predicted octanol–water partition coefficient (Wildman–Crippen LogP) is 4.13. The first-order chi connectivity index (χ1) is 6.79. The molecule has 0 aromatic heterocycles. The molecule has 1 aromatic carbocycles. The van der Waals surface area contributed by atoms with Crippen LogP contribution in [-0.2, 0) is 0 Å². The summed E-state index contributed by atoms with van der Waals surface area (Å²) in [6, 6.07) is 10.3. The molecule has 2 rings (SSSR count). The van der Waals surface area contributed by atoms with Gasteiger partial charge in [0.1, 0.15) is 0 Å². The SMILES string of the molecule is CC1C=CC=CC1.Cc1ccccc1. The Balaban J connectivity index is 0.000000140. The molecule has 1 aromatic rings. The molecule has 1 unspecified atom stereocenters. The lowest BCUT2D eigenvalue weighted by molar-refractivity contribution is 0.737. The Labute approximate surface area is 87.0 Å². The molecule has 1 aliphatic carbocycles. The molecule has 1 aliphatic rings.